The Hall–Kier alpha value is -6.62. The van der Waals surface area contributed by atoms with Gasteiger partial charge in [-0.3, -0.25) is 0 Å². The van der Waals surface area contributed by atoms with Gasteiger partial charge in [-0.25, -0.2) is 8.42 Å². The van der Waals surface area contributed by atoms with Gasteiger partial charge in [0.15, 0.2) is 0 Å². The normalized spacial score (nSPS) is 12.1. The van der Waals surface area contributed by atoms with E-state index < -0.39 is 9.84 Å². The van der Waals surface area contributed by atoms with Crippen LogP contribution in [0.25, 0.3) is 76.8 Å². The highest BCUT2D eigenvalue weighted by Gasteiger charge is 2.24. The van der Waals surface area contributed by atoms with Gasteiger partial charge in [0.25, 0.3) is 0 Å². The van der Waals surface area contributed by atoms with Crippen molar-refractivity contribution >= 4 is 75.3 Å². The fraction of sp³-hybridized carbons (Fsp3) is 0. The van der Waals surface area contributed by atoms with Crippen molar-refractivity contribution in [2.24, 2.45) is 0 Å². The molecule has 0 aliphatic rings. The molecule has 50 heavy (non-hydrogen) atoms. The third kappa shape index (κ3) is 3.91. The van der Waals surface area contributed by atoms with Crippen LogP contribution in [0.4, 0.5) is 0 Å². The van der Waals surface area contributed by atoms with Crippen molar-refractivity contribution in [1.29, 1.82) is 5.26 Å². The van der Waals surface area contributed by atoms with Gasteiger partial charge in [0.05, 0.1) is 49.0 Å². The number of aromatic amines is 1. The molecule has 0 radical (unpaired) electrons. The third-order valence-corrected chi connectivity index (χ3v) is 11.7. The van der Waals surface area contributed by atoms with Crippen LogP contribution in [-0.4, -0.2) is 22.5 Å². The first-order chi connectivity index (χ1) is 24.5. The summed E-state index contributed by atoms with van der Waals surface area (Å²) >= 11 is 0. The van der Waals surface area contributed by atoms with E-state index in [1.54, 1.807) is 12.1 Å². The minimum atomic E-state index is -3.78. The van der Waals surface area contributed by atoms with E-state index in [1.807, 2.05) is 24.3 Å². The minimum absolute atomic E-state index is 0.152. The van der Waals surface area contributed by atoms with Crippen molar-refractivity contribution < 1.29 is 8.42 Å². The van der Waals surface area contributed by atoms with E-state index in [2.05, 4.69) is 111 Å². The van der Waals surface area contributed by atoms with Gasteiger partial charge < -0.3 is 14.1 Å². The minimum Gasteiger partial charge on any atom is -0.354 e. The van der Waals surface area contributed by atoms with Gasteiger partial charge in [-0.2, -0.15) is 5.26 Å². The first kappa shape index (κ1) is 28.4. The molecule has 0 bridgehead atoms. The number of rotatable bonds is 4. The Morgan fingerprint density at radius 1 is 0.480 bits per heavy atom. The lowest BCUT2D eigenvalue weighted by molar-refractivity contribution is 0.596. The number of nitrogens with zero attached hydrogens (tertiary/aromatic N) is 3. The average Bonchev–Trinajstić information content (AvgIpc) is 3.83. The summed E-state index contributed by atoms with van der Waals surface area (Å²) in [5, 5.41) is 16.1. The Balaban J connectivity index is 1.30. The molecule has 0 atom stereocenters. The number of hydrogen-bond acceptors (Lipinski definition) is 3. The molecule has 0 spiro atoms. The van der Waals surface area contributed by atoms with Crippen molar-refractivity contribution in [3.63, 3.8) is 0 Å². The predicted molar refractivity (Wildman–Crippen MR) is 201 cm³/mol. The van der Waals surface area contributed by atoms with Crippen LogP contribution in [0, 0.1) is 11.3 Å². The monoisotopic (exact) mass is 662 g/mol. The number of H-pyrrole nitrogens is 1. The van der Waals surface area contributed by atoms with Gasteiger partial charge in [-0.15, -0.1) is 0 Å². The first-order valence-corrected chi connectivity index (χ1v) is 17.8. The lowest BCUT2D eigenvalue weighted by Crippen LogP contribution is -2.03. The van der Waals surface area contributed by atoms with E-state index in [0.717, 1.165) is 71.4 Å². The maximum atomic E-state index is 13.6. The number of nitrogens with one attached hydrogen (secondary N) is 1. The van der Waals surface area contributed by atoms with Crippen LogP contribution < -0.4 is 0 Å². The van der Waals surface area contributed by atoms with Crippen LogP contribution in [0.1, 0.15) is 5.56 Å². The van der Waals surface area contributed by atoms with Gasteiger partial charge in [0.1, 0.15) is 0 Å². The molecule has 0 saturated carbocycles. The zero-order chi connectivity index (χ0) is 33.6. The lowest BCUT2D eigenvalue weighted by atomic mass is 10.0. The summed E-state index contributed by atoms with van der Waals surface area (Å²) in [4.78, 5) is 4.11. The Bertz CT molecular complexity index is 3140. The second-order valence-electron chi connectivity index (χ2n) is 12.6. The topological polar surface area (TPSA) is 83.6 Å². The maximum absolute atomic E-state index is 13.6. The molecule has 6 nitrogen and oxygen atoms in total. The van der Waals surface area contributed by atoms with Crippen molar-refractivity contribution in [3.05, 3.63) is 157 Å². The molecule has 10 aromatic rings. The molecule has 10 rings (SSSR count). The van der Waals surface area contributed by atoms with E-state index in [-0.39, 0.29) is 9.79 Å². The van der Waals surface area contributed by atoms with Gasteiger partial charge in [-0.1, -0.05) is 60.7 Å². The second-order valence-corrected chi connectivity index (χ2v) is 14.5. The van der Waals surface area contributed by atoms with Crippen molar-refractivity contribution in [3.8, 4) is 17.4 Å². The van der Waals surface area contributed by atoms with E-state index >= 15 is 0 Å². The quantitative estimate of drug-likeness (QED) is 0.204. The molecule has 1 N–H and O–H groups in total. The zero-order valence-corrected chi connectivity index (χ0v) is 27.3. The van der Waals surface area contributed by atoms with Crippen LogP contribution >= 0.6 is 0 Å². The molecule has 0 saturated heterocycles. The summed E-state index contributed by atoms with van der Waals surface area (Å²) in [5.41, 5.74) is 8.79. The number of fused-ring (bicyclic) bond motifs is 11. The van der Waals surface area contributed by atoms with Crippen LogP contribution in [0.2, 0.25) is 0 Å². The molecule has 7 aromatic carbocycles. The molecule has 7 heteroatoms. The fourth-order valence-corrected chi connectivity index (χ4v) is 8.98. The molecule has 0 unspecified atom stereocenters. The highest BCUT2D eigenvalue weighted by atomic mass is 32.2. The summed E-state index contributed by atoms with van der Waals surface area (Å²) in [6.45, 7) is 0. The largest absolute Gasteiger partial charge is 0.354 e. The van der Waals surface area contributed by atoms with E-state index in [1.165, 1.54) is 29.7 Å². The molecule has 3 aromatic heterocycles. The molecule has 236 valence electrons. The molecular formula is C43H26N4O2S. The number of sulfone groups is 1. The molecule has 0 amide bonds. The van der Waals surface area contributed by atoms with E-state index in [9.17, 15) is 13.7 Å². The molecule has 0 fully saturated rings. The van der Waals surface area contributed by atoms with Gasteiger partial charge >= 0.3 is 0 Å². The van der Waals surface area contributed by atoms with Crippen LogP contribution in [-0.2, 0) is 9.84 Å². The van der Waals surface area contributed by atoms with Gasteiger partial charge in [0, 0.05) is 49.2 Å². The first-order valence-electron chi connectivity index (χ1n) is 16.3. The number of hydrogen-bond donors (Lipinski definition) is 1. The SMILES string of the molecule is N#Cc1ccc(S(=O)(=O)c2ccc(-n3c4ccc5c6ccccc6[nH]c5c4c4c5c6ccccc6n(-c6ccccc6)c5ccc43)cc2)cc1. The smallest absolute Gasteiger partial charge is 0.206 e. The summed E-state index contributed by atoms with van der Waals surface area (Å²) in [6.07, 6.45) is 0. The molecule has 3 heterocycles. The third-order valence-electron chi connectivity index (χ3n) is 9.92. The van der Waals surface area contributed by atoms with Crippen LogP contribution in [0.15, 0.2) is 161 Å². The van der Waals surface area contributed by atoms with Gasteiger partial charge in [0.2, 0.25) is 9.84 Å². The Labute approximate surface area is 286 Å². The standard InChI is InChI=1S/C43H26N4O2S/c44-26-27-14-18-30(19-15-27)50(48,49)31-20-16-29(17-21-31)47-38-25-24-37-40(34-11-5-7-13-36(34)46(37)28-8-2-1-3-9-28)41(38)42-39(47)23-22-33-32-10-4-6-12-35(32)45-43(33)42/h1-25,45H. The number of aromatic nitrogens is 3. The fourth-order valence-electron chi connectivity index (χ4n) is 7.72. The lowest BCUT2D eigenvalue weighted by Gasteiger charge is -2.10. The highest BCUT2D eigenvalue weighted by Crippen LogP contribution is 2.45. The number of para-hydroxylation sites is 3. The van der Waals surface area contributed by atoms with Crippen LogP contribution in [0.3, 0.4) is 0 Å². The Morgan fingerprint density at radius 2 is 1.04 bits per heavy atom. The second kappa shape index (κ2) is 10.4. The summed E-state index contributed by atoms with van der Waals surface area (Å²) in [7, 11) is -3.78. The Kier molecular flexibility index (Phi) is 5.93. The van der Waals surface area contributed by atoms with Gasteiger partial charge in [-0.05, 0) is 91.0 Å². The molecule has 0 aliphatic heterocycles. The predicted octanol–water partition coefficient (Wildman–Crippen LogP) is 10.2. The van der Waals surface area contributed by atoms with Crippen molar-refractivity contribution in [2.45, 2.75) is 9.79 Å². The highest BCUT2D eigenvalue weighted by molar-refractivity contribution is 7.91. The average molecular weight is 663 g/mol. The van der Waals surface area contributed by atoms with E-state index in [0.29, 0.717) is 5.56 Å². The van der Waals surface area contributed by atoms with Crippen LogP contribution in [0.5, 0.6) is 0 Å². The zero-order valence-electron chi connectivity index (χ0n) is 26.5. The van der Waals surface area contributed by atoms with Crippen molar-refractivity contribution in [2.75, 3.05) is 0 Å². The Morgan fingerprint density at radius 3 is 1.78 bits per heavy atom. The summed E-state index contributed by atoms with van der Waals surface area (Å²) in [6, 6.07) is 51.3. The molecule has 0 aliphatic carbocycles. The summed E-state index contributed by atoms with van der Waals surface area (Å²) < 4.78 is 31.7. The number of benzene rings is 7. The number of nitriles is 1. The van der Waals surface area contributed by atoms with E-state index in [4.69, 9.17) is 0 Å². The van der Waals surface area contributed by atoms with Crippen molar-refractivity contribution in [1.82, 2.24) is 14.1 Å². The molecular weight excluding hydrogens is 637 g/mol. The summed E-state index contributed by atoms with van der Waals surface area (Å²) in [5.74, 6) is 0. The maximum Gasteiger partial charge on any atom is 0.206 e.